The van der Waals surface area contributed by atoms with Crippen molar-refractivity contribution in [1.82, 2.24) is 9.80 Å². The lowest BCUT2D eigenvalue weighted by Gasteiger charge is -2.59. The first kappa shape index (κ1) is 24.5. The summed E-state index contributed by atoms with van der Waals surface area (Å²) in [5.74, 6) is 1.25. The molecule has 5 heteroatoms. The van der Waals surface area contributed by atoms with E-state index in [0.717, 1.165) is 25.9 Å². The topological polar surface area (TPSA) is 49.9 Å². The number of amides is 1. The fraction of sp³-hybridized carbons (Fsp3) is 0.786. The second kappa shape index (κ2) is 9.20. The first-order valence-corrected chi connectivity index (χ1v) is 13.1. The predicted molar refractivity (Wildman–Crippen MR) is 132 cm³/mol. The van der Waals surface area contributed by atoms with Gasteiger partial charge in [-0.3, -0.25) is 14.5 Å². The van der Waals surface area contributed by atoms with Crippen LogP contribution in [0.25, 0.3) is 0 Å². The molecule has 1 aliphatic heterocycles. The molecule has 0 N–H and O–H groups in total. The van der Waals surface area contributed by atoms with Gasteiger partial charge in [0, 0.05) is 38.5 Å². The van der Waals surface area contributed by atoms with E-state index in [1.165, 1.54) is 32.1 Å². The largest absolute Gasteiger partial charge is 0.464 e. The molecule has 1 heterocycles. The maximum absolute atomic E-state index is 12.7. The van der Waals surface area contributed by atoms with Crippen LogP contribution in [0.2, 0.25) is 0 Å². The van der Waals surface area contributed by atoms with Gasteiger partial charge in [-0.05, 0) is 61.2 Å². The molecule has 0 aromatic rings. The number of esters is 1. The second-order valence-electron chi connectivity index (χ2n) is 12.1. The van der Waals surface area contributed by atoms with Crippen molar-refractivity contribution in [3.05, 3.63) is 24.3 Å². The van der Waals surface area contributed by atoms with Crippen LogP contribution in [0.4, 0.5) is 0 Å². The highest BCUT2D eigenvalue weighted by molar-refractivity contribution is 5.73. The maximum Gasteiger partial charge on any atom is 0.320 e. The molecule has 3 aliphatic carbocycles. The van der Waals surface area contributed by atoms with Crippen molar-refractivity contribution in [3.8, 4) is 0 Å². The molecule has 33 heavy (non-hydrogen) atoms. The Bertz CT molecular complexity index is 814. The van der Waals surface area contributed by atoms with Gasteiger partial charge >= 0.3 is 5.97 Å². The van der Waals surface area contributed by atoms with Crippen LogP contribution in [-0.4, -0.2) is 61.0 Å². The number of carbonyl (C=O) groups excluding carboxylic acids is 2. The van der Waals surface area contributed by atoms with Gasteiger partial charge in [0.2, 0.25) is 5.91 Å². The van der Waals surface area contributed by atoms with E-state index in [2.05, 4.69) is 44.4 Å². The molecular weight excluding hydrogens is 412 g/mol. The van der Waals surface area contributed by atoms with Crippen molar-refractivity contribution < 1.29 is 14.3 Å². The zero-order chi connectivity index (χ0) is 23.9. The number of nitrogens with zero attached hydrogens (tertiary/aromatic N) is 2. The molecule has 184 valence electrons. The first-order valence-electron chi connectivity index (χ1n) is 13.1. The van der Waals surface area contributed by atoms with Crippen LogP contribution in [0.1, 0.15) is 72.6 Å². The Morgan fingerprint density at radius 1 is 1.15 bits per heavy atom. The summed E-state index contributed by atoms with van der Waals surface area (Å²) < 4.78 is 5.95. The minimum Gasteiger partial charge on any atom is -0.464 e. The fourth-order valence-corrected chi connectivity index (χ4v) is 7.61. The summed E-state index contributed by atoms with van der Waals surface area (Å²) in [6.07, 6.45) is 13.1. The van der Waals surface area contributed by atoms with E-state index in [0.29, 0.717) is 38.1 Å². The van der Waals surface area contributed by atoms with E-state index in [4.69, 9.17) is 4.74 Å². The molecule has 4 rings (SSSR count). The minimum absolute atomic E-state index is 0.0426. The maximum atomic E-state index is 12.7. The van der Waals surface area contributed by atoms with Gasteiger partial charge in [0.1, 0.15) is 0 Å². The number of hydrogen-bond donors (Lipinski definition) is 0. The van der Waals surface area contributed by atoms with Crippen LogP contribution in [0.5, 0.6) is 0 Å². The average Bonchev–Trinajstić information content (AvgIpc) is 2.78. The second-order valence-corrected chi connectivity index (χ2v) is 12.1. The number of fused-ring (bicyclic) bond motifs is 3. The van der Waals surface area contributed by atoms with Gasteiger partial charge in [-0.2, -0.15) is 0 Å². The van der Waals surface area contributed by atoms with Crippen molar-refractivity contribution in [2.75, 3.05) is 39.3 Å². The van der Waals surface area contributed by atoms with Crippen LogP contribution in [-0.2, 0) is 14.3 Å². The van der Waals surface area contributed by atoms with Gasteiger partial charge in [-0.1, -0.05) is 44.9 Å². The average molecular weight is 457 g/mol. The van der Waals surface area contributed by atoms with E-state index in [9.17, 15) is 9.59 Å². The Hall–Kier alpha value is -1.62. The van der Waals surface area contributed by atoms with Gasteiger partial charge in [-0.25, -0.2) is 0 Å². The van der Waals surface area contributed by atoms with Crippen LogP contribution >= 0.6 is 0 Å². The molecule has 1 saturated heterocycles. The third-order valence-corrected chi connectivity index (χ3v) is 9.68. The molecule has 3 unspecified atom stereocenters. The number of hydrogen-bond acceptors (Lipinski definition) is 4. The monoisotopic (exact) mass is 456 g/mol. The summed E-state index contributed by atoms with van der Waals surface area (Å²) in [5, 5.41) is 0. The smallest absolute Gasteiger partial charge is 0.320 e. The molecule has 0 spiro atoms. The molecular formula is C28H44N2O3. The predicted octanol–water partition coefficient (Wildman–Crippen LogP) is 4.83. The Kier molecular flexibility index (Phi) is 6.83. The molecule has 5 nitrogen and oxygen atoms in total. The first-order chi connectivity index (χ1) is 15.6. The zero-order valence-corrected chi connectivity index (χ0v) is 21.3. The lowest BCUT2D eigenvalue weighted by Crippen LogP contribution is -2.52. The molecule has 2 saturated carbocycles. The minimum atomic E-state index is -0.118. The molecule has 0 bridgehead atoms. The standard InChI is InChI=1S/C28H44N2O3/c1-6-26(3)13-10-23-22(18-26)8-9-24-27(4,11-7-12-28(23,24)5)20-33-25(32)19-29-14-16-30(17-15-29)21(2)31/h6,10,22,24H,1,7-9,11-20H2,2-5H3/t22?,24?,26-,27?,28-/m0/s1. The molecule has 0 aromatic carbocycles. The molecule has 3 fully saturated rings. The van der Waals surface area contributed by atoms with Gasteiger partial charge in [0.25, 0.3) is 0 Å². The van der Waals surface area contributed by atoms with E-state index in [1.54, 1.807) is 12.5 Å². The molecule has 4 aliphatic rings. The summed E-state index contributed by atoms with van der Waals surface area (Å²) >= 11 is 0. The normalized spacial score (nSPS) is 39.2. The third kappa shape index (κ3) is 4.80. The third-order valence-electron chi connectivity index (χ3n) is 9.68. The molecule has 0 aromatic heterocycles. The van der Waals surface area contributed by atoms with Crippen molar-refractivity contribution >= 4 is 11.9 Å². The van der Waals surface area contributed by atoms with Gasteiger partial charge in [0.15, 0.2) is 0 Å². The van der Waals surface area contributed by atoms with Crippen molar-refractivity contribution in [2.24, 2.45) is 28.1 Å². The quantitative estimate of drug-likeness (QED) is 0.439. The summed E-state index contributed by atoms with van der Waals surface area (Å²) in [7, 11) is 0. The van der Waals surface area contributed by atoms with Crippen LogP contribution in [0.3, 0.4) is 0 Å². The Balaban J connectivity index is 1.37. The Morgan fingerprint density at radius 2 is 1.88 bits per heavy atom. The van der Waals surface area contributed by atoms with Gasteiger partial charge in [0.05, 0.1) is 13.2 Å². The lowest BCUT2D eigenvalue weighted by atomic mass is 9.46. The van der Waals surface area contributed by atoms with Crippen molar-refractivity contribution in [3.63, 3.8) is 0 Å². The van der Waals surface area contributed by atoms with Gasteiger partial charge < -0.3 is 9.64 Å². The summed E-state index contributed by atoms with van der Waals surface area (Å²) in [6.45, 7) is 16.7. The lowest BCUT2D eigenvalue weighted by molar-refractivity contribution is -0.154. The summed E-state index contributed by atoms with van der Waals surface area (Å²) in [5.41, 5.74) is 2.20. The molecule has 0 radical (unpaired) electrons. The van der Waals surface area contributed by atoms with Gasteiger partial charge in [-0.15, -0.1) is 6.58 Å². The number of piperazine rings is 1. The number of rotatable bonds is 5. The van der Waals surface area contributed by atoms with Crippen LogP contribution < -0.4 is 0 Å². The SMILES string of the molecule is C=C[C@@]1(C)CC=C2C(CCC3C(C)(COC(=O)CN4CCN(C(C)=O)CC4)CCC[C@@]23C)C1. The zero-order valence-electron chi connectivity index (χ0n) is 21.3. The molecule has 5 atom stereocenters. The Morgan fingerprint density at radius 3 is 2.55 bits per heavy atom. The van der Waals surface area contributed by atoms with E-state index in [1.807, 2.05) is 4.90 Å². The highest BCUT2D eigenvalue weighted by Gasteiger charge is 2.55. The highest BCUT2D eigenvalue weighted by atomic mass is 16.5. The Labute approximate surface area is 200 Å². The van der Waals surface area contributed by atoms with Crippen LogP contribution in [0.15, 0.2) is 24.3 Å². The van der Waals surface area contributed by atoms with Crippen LogP contribution in [0, 0.1) is 28.1 Å². The number of allylic oxidation sites excluding steroid dienone is 3. The summed E-state index contributed by atoms with van der Waals surface area (Å²) in [6, 6.07) is 0. The van der Waals surface area contributed by atoms with E-state index in [-0.39, 0.29) is 28.1 Å². The summed E-state index contributed by atoms with van der Waals surface area (Å²) in [4.78, 5) is 28.2. The van der Waals surface area contributed by atoms with E-state index < -0.39 is 0 Å². The number of ether oxygens (including phenoxy) is 1. The highest BCUT2D eigenvalue weighted by Crippen LogP contribution is 2.63. The van der Waals surface area contributed by atoms with Crippen molar-refractivity contribution in [2.45, 2.75) is 72.6 Å². The molecule has 1 amide bonds. The van der Waals surface area contributed by atoms with Crippen molar-refractivity contribution in [1.29, 1.82) is 0 Å². The fourth-order valence-electron chi connectivity index (χ4n) is 7.61. The van der Waals surface area contributed by atoms with E-state index >= 15 is 0 Å². The number of carbonyl (C=O) groups is 2.